The van der Waals surface area contributed by atoms with Gasteiger partial charge in [-0.05, 0) is 31.9 Å². The molecular weight excluding hydrogens is 370 g/mol. The predicted molar refractivity (Wildman–Crippen MR) is 102 cm³/mol. The largest absolute Gasteiger partial charge is 0.494 e. The molecule has 8 nitrogen and oxygen atoms in total. The van der Waals surface area contributed by atoms with Crippen molar-refractivity contribution in [1.29, 1.82) is 0 Å². The van der Waals surface area contributed by atoms with Crippen molar-refractivity contribution in [2.75, 3.05) is 22.9 Å². The number of rotatable bonds is 7. The van der Waals surface area contributed by atoms with Crippen LogP contribution in [0.25, 0.3) is 0 Å². The van der Waals surface area contributed by atoms with Crippen LogP contribution < -0.4 is 14.8 Å². The molecule has 1 aromatic carbocycles. The molecule has 9 heteroatoms. The van der Waals surface area contributed by atoms with E-state index in [-0.39, 0.29) is 17.4 Å². The smallest absolute Gasteiger partial charge is 0.277 e. The summed E-state index contributed by atoms with van der Waals surface area (Å²) in [7, 11) is -2.00. The molecule has 1 aromatic heterocycles. The van der Waals surface area contributed by atoms with E-state index < -0.39 is 15.9 Å². The first-order chi connectivity index (χ1) is 12.9. The van der Waals surface area contributed by atoms with E-state index in [2.05, 4.69) is 15.0 Å². The molecule has 1 heterocycles. The van der Waals surface area contributed by atoms with E-state index in [0.29, 0.717) is 23.0 Å². The van der Waals surface area contributed by atoms with Crippen LogP contribution in [0.15, 0.2) is 28.9 Å². The number of oxazole rings is 1. The minimum Gasteiger partial charge on any atom is -0.494 e. The summed E-state index contributed by atoms with van der Waals surface area (Å²) in [6.07, 6.45) is 5.75. The molecule has 0 atom stereocenters. The molecule has 1 amide bonds. The Balaban J connectivity index is 1.72. The number of hydrogen-bond acceptors (Lipinski definition) is 6. The third kappa shape index (κ3) is 4.60. The van der Waals surface area contributed by atoms with Crippen LogP contribution in [0.1, 0.15) is 54.9 Å². The third-order valence-corrected chi connectivity index (χ3v) is 5.85. The Kier molecular flexibility index (Phi) is 5.69. The predicted octanol–water partition coefficient (Wildman–Crippen LogP) is 3.35. The van der Waals surface area contributed by atoms with Gasteiger partial charge in [-0.25, -0.2) is 13.4 Å². The van der Waals surface area contributed by atoms with Crippen molar-refractivity contribution in [1.82, 2.24) is 4.98 Å². The summed E-state index contributed by atoms with van der Waals surface area (Å²) in [5.41, 5.74) is 0.982. The molecule has 1 fully saturated rings. The molecule has 0 saturated heterocycles. The zero-order valence-corrected chi connectivity index (χ0v) is 16.1. The standard InChI is InChI=1S/C18H23N3O5S/c1-3-27(23,24)21-14-9-8-13(10-16(14)25-2)19-17(22)15-11-26-18(20-15)12-6-4-5-7-12/h8-12,21H,3-7H2,1-2H3,(H,19,22). The van der Waals surface area contributed by atoms with E-state index in [4.69, 9.17) is 9.15 Å². The number of ether oxygens (including phenoxy) is 1. The second-order valence-electron chi connectivity index (χ2n) is 6.43. The minimum absolute atomic E-state index is 0.0515. The van der Waals surface area contributed by atoms with Crippen LogP contribution in [0.2, 0.25) is 0 Å². The van der Waals surface area contributed by atoms with Gasteiger partial charge in [0.25, 0.3) is 5.91 Å². The van der Waals surface area contributed by atoms with Crippen LogP contribution in [0, 0.1) is 0 Å². The van der Waals surface area contributed by atoms with Gasteiger partial charge in [-0.15, -0.1) is 0 Å². The van der Waals surface area contributed by atoms with Gasteiger partial charge in [0.2, 0.25) is 10.0 Å². The van der Waals surface area contributed by atoms with Crippen molar-refractivity contribution in [2.24, 2.45) is 0 Å². The molecule has 1 saturated carbocycles. The number of benzene rings is 1. The molecule has 0 radical (unpaired) electrons. The van der Waals surface area contributed by atoms with E-state index in [0.717, 1.165) is 25.7 Å². The fourth-order valence-electron chi connectivity index (χ4n) is 3.04. The van der Waals surface area contributed by atoms with Gasteiger partial charge in [0, 0.05) is 17.7 Å². The monoisotopic (exact) mass is 393 g/mol. The Hall–Kier alpha value is -2.55. The van der Waals surface area contributed by atoms with Gasteiger partial charge in [-0.3, -0.25) is 9.52 Å². The zero-order valence-electron chi connectivity index (χ0n) is 15.3. The zero-order chi connectivity index (χ0) is 19.4. The highest BCUT2D eigenvalue weighted by molar-refractivity contribution is 7.92. The SMILES string of the molecule is CCS(=O)(=O)Nc1ccc(NC(=O)c2coc(C3CCCC3)n2)cc1OC. The normalized spacial score (nSPS) is 14.9. The fraction of sp³-hybridized carbons (Fsp3) is 0.444. The summed E-state index contributed by atoms with van der Waals surface area (Å²) in [5.74, 6) is 0.755. The summed E-state index contributed by atoms with van der Waals surface area (Å²) in [6, 6.07) is 4.67. The van der Waals surface area contributed by atoms with E-state index in [1.54, 1.807) is 19.1 Å². The Morgan fingerprint density at radius 1 is 1.33 bits per heavy atom. The maximum Gasteiger partial charge on any atom is 0.277 e. The van der Waals surface area contributed by atoms with E-state index >= 15 is 0 Å². The molecule has 1 aliphatic rings. The van der Waals surface area contributed by atoms with Crippen molar-refractivity contribution in [2.45, 2.75) is 38.5 Å². The third-order valence-electron chi connectivity index (χ3n) is 4.56. The van der Waals surface area contributed by atoms with Gasteiger partial charge in [0.05, 0.1) is 18.6 Å². The van der Waals surface area contributed by atoms with Crippen molar-refractivity contribution < 1.29 is 22.4 Å². The molecule has 3 rings (SSSR count). The molecule has 2 aromatic rings. The number of anilines is 2. The summed E-state index contributed by atoms with van der Waals surface area (Å²) >= 11 is 0. The van der Waals surface area contributed by atoms with Gasteiger partial charge in [-0.1, -0.05) is 12.8 Å². The molecule has 146 valence electrons. The number of amides is 1. The fourth-order valence-corrected chi connectivity index (χ4v) is 3.69. The lowest BCUT2D eigenvalue weighted by Gasteiger charge is -2.12. The number of aromatic nitrogens is 1. The highest BCUT2D eigenvalue weighted by Crippen LogP contribution is 2.33. The number of carbonyl (C=O) groups excluding carboxylic acids is 1. The number of hydrogen-bond donors (Lipinski definition) is 2. The average molecular weight is 393 g/mol. The second-order valence-corrected chi connectivity index (χ2v) is 8.44. The van der Waals surface area contributed by atoms with E-state index in [1.807, 2.05) is 0 Å². The number of nitrogens with zero attached hydrogens (tertiary/aromatic N) is 1. The molecule has 0 bridgehead atoms. The number of sulfonamides is 1. The highest BCUT2D eigenvalue weighted by Gasteiger charge is 2.23. The summed E-state index contributed by atoms with van der Waals surface area (Å²) in [4.78, 5) is 16.7. The van der Waals surface area contributed by atoms with Crippen LogP contribution in [-0.2, 0) is 10.0 Å². The van der Waals surface area contributed by atoms with Crippen molar-refractivity contribution in [3.63, 3.8) is 0 Å². The summed E-state index contributed by atoms with van der Waals surface area (Å²) in [5, 5.41) is 2.72. The van der Waals surface area contributed by atoms with Gasteiger partial charge in [-0.2, -0.15) is 0 Å². The molecule has 0 aliphatic heterocycles. The van der Waals surface area contributed by atoms with E-state index in [1.165, 1.54) is 19.4 Å². The second kappa shape index (κ2) is 7.99. The van der Waals surface area contributed by atoms with E-state index in [9.17, 15) is 13.2 Å². The van der Waals surface area contributed by atoms with Crippen LogP contribution in [0.4, 0.5) is 11.4 Å². The first-order valence-corrected chi connectivity index (χ1v) is 10.5. The van der Waals surface area contributed by atoms with Crippen molar-refractivity contribution in [3.8, 4) is 5.75 Å². The first kappa shape index (κ1) is 19.2. The van der Waals surface area contributed by atoms with Crippen LogP contribution >= 0.6 is 0 Å². The molecular formula is C18H23N3O5S. The first-order valence-electron chi connectivity index (χ1n) is 8.87. The highest BCUT2D eigenvalue weighted by atomic mass is 32.2. The maximum atomic E-state index is 12.4. The number of methoxy groups -OCH3 is 1. The van der Waals surface area contributed by atoms with Crippen molar-refractivity contribution >= 4 is 27.3 Å². The Labute approximate surface area is 158 Å². The molecule has 0 unspecified atom stereocenters. The van der Waals surface area contributed by atoms with Crippen LogP contribution in [-0.4, -0.2) is 32.2 Å². The Morgan fingerprint density at radius 3 is 2.74 bits per heavy atom. The lowest BCUT2D eigenvalue weighted by Crippen LogP contribution is -2.16. The quantitative estimate of drug-likeness (QED) is 0.746. The number of carbonyl (C=O) groups is 1. The lowest BCUT2D eigenvalue weighted by molar-refractivity contribution is 0.102. The Morgan fingerprint density at radius 2 is 2.07 bits per heavy atom. The summed E-state index contributed by atoms with van der Waals surface area (Å²) in [6.45, 7) is 1.54. The number of nitrogens with one attached hydrogen (secondary N) is 2. The molecule has 27 heavy (non-hydrogen) atoms. The topological polar surface area (TPSA) is 111 Å². The van der Waals surface area contributed by atoms with Crippen molar-refractivity contribution in [3.05, 3.63) is 36.0 Å². The van der Waals surface area contributed by atoms with Gasteiger partial charge < -0.3 is 14.5 Å². The van der Waals surface area contributed by atoms with Gasteiger partial charge >= 0.3 is 0 Å². The van der Waals surface area contributed by atoms with Crippen LogP contribution in [0.5, 0.6) is 5.75 Å². The Bertz CT molecular complexity index is 917. The molecule has 1 aliphatic carbocycles. The summed E-state index contributed by atoms with van der Waals surface area (Å²) < 4.78 is 36.6. The van der Waals surface area contributed by atoms with Gasteiger partial charge in [0.1, 0.15) is 12.0 Å². The maximum absolute atomic E-state index is 12.4. The van der Waals surface area contributed by atoms with Crippen LogP contribution in [0.3, 0.4) is 0 Å². The lowest BCUT2D eigenvalue weighted by atomic mass is 10.1. The average Bonchev–Trinajstić information content (AvgIpc) is 3.34. The molecule has 2 N–H and O–H groups in total. The molecule has 0 spiro atoms. The minimum atomic E-state index is -3.43. The van der Waals surface area contributed by atoms with Gasteiger partial charge in [0.15, 0.2) is 11.6 Å².